The first kappa shape index (κ1) is 13.3. The first-order valence-corrected chi connectivity index (χ1v) is 6.13. The van der Waals surface area contributed by atoms with Crippen LogP contribution in [0.25, 0.3) is 0 Å². The van der Waals surface area contributed by atoms with Gasteiger partial charge in [0.2, 0.25) is 0 Å². The normalized spacial score (nSPS) is 12.9. The molecule has 0 saturated heterocycles. The Labute approximate surface area is 103 Å². The lowest BCUT2D eigenvalue weighted by Crippen LogP contribution is -2.27. The fraction of sp³-hybridized carbons (Fsp3) is 0.538. The molecule has 2 nitrogen and oxygen atoms in total. The summed E-state index contributed by atoms with van der Waals surface area (Å²) < 4.78 is 0. The third-order valence-electron chi connectivity index (χ3n) is 3.01. The Bertz CT molecular complexity index is 316. The van der Waals surface area contributed by atoms with Crippen molar-refractivity contribution in [2.45, 2.75) is 20.8 Å². The maximum Gasteiger partial charge on any atom is 0.0640 e. The second-order valence-electron chi connectivity index (χ2n) is 4.55. The Hall–Kier alpha value is -0.730. The van der Waals surface area contributed by atoms with Gasteiger partial charge >= 0.3 is 0 Å². The second-order valence-corrected chi connectivity index (χ2v) is 4.96. The SMILES string of the molecule is Cc1cccc(Cl)c1NCC(CN)C(C)C. The quantitative estimate of drug-likeness (QED) is 0.829. The van der Waals surface area contributed by atoms with Gasteiger partial charge in [-0.15, -0.1) is 0 Å². The molecule has 0 bridgehead atoms. The van der Waals surface area contributed by atoms with E-state index in [1.54, 1.807) is 0 Å². The maximum absolute atomic E-state index is 6.14. The predicted molar refractivity (Wildman–Crippen MR) is 72.1 cm³/mol. The molecule has 0 aromatic heterocycles. The average Bonchev–Trinajstić information content (AvgIpc) is 2.22. The molecule has 1 aromatic carbocycles. The molecule has 0 spiro atoms. The summed E-state index contributed by atoms with van der Waals surface area (Å²) in [5, 5.41) is 4.18. The van der Waals surface area contributed by atoms with Gasteiger partial charge in [0.1, 0.15) is 0 Å². The lowest BCUT2D eigenvalue weighted by molar-refractivity contribution is 0.413. The van der Waals surface area contributed by atoms with Crippen molar-refractivity contribution < 1.29 is 0 Å². The van der Waals surface area contributed by atoms with E-state index in [9.17, 15) is 0 Å². The van der Waals surface area contributed by atoms with Crippen LogP contribution in [0.5, 0.6) is 0 Å². The van der Waals surface area contributed by atoms with Crippen LogP contribution in [-0.4, -0.2) is 13.1 Å². The van der Waals surface area contributed by atoms with Gasteiger partial charge in [-0.05, 0) is 36.9 Å². The van der Waals surface area contributed by atoms with Crippen molar-refractivity contribution in [1.82, 2.24) is 0 Å². The minimum absolute atomic E-state index is 0.482. The molecule has 0 radical (unpaired) electrons. The van der Waals surface area contributed by atoms with E-state index in [2.05, 4.69) is 32.2 Å². The smallest absolute Gasteiger partial charge is 0.0640 e. The minimum Gasteiger partial charge on any atom is -0.383 e. The van der Waals surface area contributed by atoms with E-state index in [1.807, 2.05) is 12.1 Å². The van der Waals surface area contributed by atoms with Gasteiger partial charge in [-0.25, -0.2) is 0 Å². The van der Waals surface area contributed by atoms with Gasteiger partial charge in [-0.2, -0.15) is 0 Å². The Morgan fingerprint density at radius 2 is 2.06 bits per heavy atom. The summed E-state index contributed by atoms with van der Waals surface area (Å²) >= 11 is 6.14. The average molecular weight is 241 g/mol. The Balaban J connectivity index is 2.67. The van der Waals surface area contributed by atoms with Crippen molar-refractivity contribution in [1.29, 1.82) is 0 Å². The van der Waals surface area contributed by atoms with Crippen molar-refractivity contribution in [2.24, 2.45) is 17.6 Å². The van der Waals surface area contributed by atoms with E-state index in [1.165, 1.54) is 5.56 Å². The molecule has 3 N–H and O–H groups in total. The zero-order valence-electron chi connectivity index (χ0n) is 10.3. The number of nitrogens with two attached hydrogens (primary N) is 1. The number of hydrogen-bond acceptors (Lipinski definition) is 2. The number of aryl methyl sites for hydroxylation is 1. The molecule has 0 aliphatic rings. The van der Waals surface area contributed by atoms with E-state index in [0.29, 0.717) is 18.4 Å². The molecular formula is C13H21ClN2. The predicted octanol–water partition coefficient (Wildman–Crippen LogP) is 3.29. The van der Waals surface area contributed by atoms with Crippen LogP contribution >= 0.6 is 11.6 Å². The van der Waals surface area contributed by atoms with Gasteiger partial charge in [0.05, 0.1) is 10.7 Å². The number of anilines is 1. The summed E-state index contributed by atoms with van der Waals surface area (Å²) in [4.78, 5) is 0. The van der Waals surface area contributed by atoms with Crippen molar-refractivity contribution in [3.63, 3.8) is 0 Å². The van der Waals surface area contributed by atoms with E-state index in [4.69, 9.17) is 17.3 Å². The summed E-state index contributed by atoms with van der Waals surface area (Å²) in [5.41, 5.74) is 7.94. The summed E-state index contributed by atoms with van der Waals surface area (Å²) in [5.74, 6) is 1.07. The van der Waals surface area contributed by atoms with Crippen LogP contribution in [0.1, 0.15) is 19.4 Å². The number of benzene rings is 1. The summed E-state index contributed by atoms with van der Waals surface area (Å²) in [7, 11) is 0. The minimum atomic E-state index is 0.482. The van der Waals surface area contributed by atoms with Gasteiger partial charge in [-0.3, -0.25) is 0 Å². The molecule has 1 rings (SSSR count). The van der Waals surface area contributed by atoms with Crippen LogP contribution in [0.2, 0.25) is 5.02 Å². The monoisotopic (exact) mass is 240 g/mol. The highest BCUT2D eigenvalue weighted by Gasteiger charge is 2.12. The molecule has 0 aliphatic heterocycles. The van der Waals surface area contributed by atoms with Crippen LogP contribution < -0.4 is 11.1 Å². The van der Waals surface area contributed by atoms with E-state index in [0.717, 1.165) is 17.3 Å². The summed E-state index contributed by atoms with van der Waals surface area (Å²) in [6, 6.07) is 5.93. The Morgan fingerprint density at radius 1 is 1.38 bits per heavy atom. The highest BCUT2D eigenvalue weighted by atomic mass is 35.5. The zero-order chi connectivity index (χ0) is 12.1. The van der Waals surface area contributed by atoms with Crippen molar-refractivity contribution in [3.8, 4) is 0 Å². The van der Waals surface area contributed by atoms with Crippen LogP contribution in [0.15, 0.2) is 18.2 Å². The van der Waals surface area contributed by atoms with Gasteiger partial charge in [0.15, 0.2) is 0 Å². The van der Waals surface area contributed by atoms with Gasteiger partial charge < -0.3 is 11.1 Å². The first-order chi connectivity index (χ1) is 7.56. The lowest BCUT2D eigenvalue weighted by Gasteiger charge is -2.21. The highest BCUT2D eigenvalue weighted by Crippen LogP contribution is 2.25. The maximum atomic E-state index is 6.14. The van der Waals surface area contributed by atoms with Crippen LogP contribution in [-0.2, 0) is 0 Å². The molecule has 0 amide bonds. The summed E-state index contributed by atoms with van der Waals surface area (Å²) in [6.07, 6.45) is 0. The van der Waals surface area contributed by atoms with Crippen LogP contribution in [0.4, 0.5) is 5.69 Å². The van der Waals surface area contributed by atoms with Crippen LogP contribution in [0, 0.1) is 18.8 Å². The number of rotatable bonds is 5. The van der Waals surface area contributed by atoms with E-state index >= 15 is 0 Å². The molecular weight excluding hydrogens is 220 g/mol. The van der Waals surface area contributed by atoms with E-state index < -0.39 is 0 Å². The number of nitrogens with one attached hydrogen (secondary N) is 1. The van der Waals surface area contributed by atoms with Crippen LogP contribution in [0.3, 0.4) is 0 Å². The van der Waals surface area contributed by atoms with Crippen molar-refractivity contribution in [3.05, 3.63) is 28.8 Å². The van der Waals surface area contributed by atoms with Crippen molar-refractivity contribution >= 4 is 17.3 Å². The van der Waals surface area contributed by atoms with Gasteiger partial charge in [-0.1, -0.05) is 37.6 Å². The topological polar surface area (TPSA) is 38.0 Å². The molecule has 1 aromatic rings. The van der Waals surface area contributed by atoms with Gasteiger partial charge in [0.25, 0.3) is 0 Å². The highest BCUT2D eigenvalue weighted by molar-refractivity contribution is 6.33. The summed E-state index contributed by atoms with van der Waals surface area (Å²) in [6.45, 7) is 8.02. The molecule has 1 unspecified atom stereocenters. The number of hydrogen-bond donors (Lipinski definition) is 2. The zero-order valence-corrected chi connectivity index (χ0v) is 11.0. The fourth-order valence-corrected chi connectivity index (χ4v) is 1.97. The largest absolute Gasteiger partial charge is 0.383 e. The molecule has 0 saturated carbocycles. The Kier molecular flexibility index (Phi) is 5.10. The standard InChI is InChI=1S/C13H21ClN2/c1-9(2)11(7-15)8-16-13-10(3)5-4-6-12(13)14/h4-6,9,11,16H,7-8,15H2,1-3H3. The first-order valence-electron chi connectivity index (χ1n) is 5.75. The van der Waals surface area contributed by atoms with E-state index in [-0.39, 0.29) is 0 Å². The number of para-hydroxylation sites is 1. The molecule has 16 heavy (non-hydrogen) atoms. The second kappa shape index (κ2) is 6.12. The molecule has 0 aliphatic carbocycles. The third-order valence-corrected chi connectivity index (χ3v) is 3.32. The molecule has 0 heterocycles. The van der Waals surface area contributed by atoms with Gasteiger partial charge in [0, 0.05) is 6.54 Å². The molecule has 3 heteroatoms. The Morgan fingerprint density at radius 3 is 2.56 bits per heavy atom. The molecule has 1 atom stereocenters. The third kappa shape index (κ3) is 3.39. The molecule has 90 valence electrons. The fourth-order valence-electron chi connectivity index (χ4n) is 1.68. The lowest BCUT2D eigenvalue weighted by atomic mass is 9.96. The molecule has 0 fully saturated rings. The number of halogens is 1. The van der Waals surface area contributed by atoms with Crippen molar-refractivity contribution in [2.75, 3.05) is 18.4 Å².